The predicted molar refractivity (Wildman–Crippen MR) is 233 cm³/mol. The molecule has 0 atom stereocenters. The van der Waals surface area contributed by atoms with Crippen LogP contribution in [0.3, 0.4) is 0 Å². The zero-order chi connectivity index (χ0) is 38.4. The molecule has 0 saturated carbocycles. The van der Waals surface area contributed by atoms with Gasteiger partial charge in [-0.05, 0) is 82.9 Å². The standard InChI is InChI=1S/C52H32N4O2/c1-2-12-35(13-3-1)46-30-47(38-24-25-45(54-32-38)37-14-10-26-53-31-37)56-52(55-46)36-23-22-34-21-20-33-11-4-5-15-39(33)40-16-6-8-18-48(40)57-51-28-43-41-17-7-9-19-49(41)58-50(43)29-44(51)42(34)27-36/h1-32H. The van der Waals surface area contributed by atoms with Crippen molar-refractivity contribution in [2.45, 2.75) is 0 Å². The van der Waals surface area contributed by atoms with E-state index in [1.54, 1.807) is 6.20 Å². The number of para-hydroxylation sites is 2. The number of benzene rings is 6. The van der Waals surface area contributed by atoms with Gasteiger partial charge in [-0.1, -0.05) is 115 Å². The van der Waals surface area contributed by atoms with Gasteiger partial charge in [0.15, 0.2) is 5.82 Å². The Morgan fingerprint density at radius 1 is 0.397 bits per heavy atom. The van der Waals surface area contributed by atoms with Crippen molar-refractivity contribution in [1.82, 2.24) is 19.9 Å². The molecule has 0 spiro atoms. The molecule has 1 aliphatic rings. The minimum Gasteiger partial charge on any atom is -0.456 e. The molecule has 4 aromatic heterocycles. The molecule has 0 unspecified atom stereocenters. The number of pyridine rings is 2. The van der Waals surface area contributed by atoms with Crippen LogP contribution in [0.25, 0.3) is 102 Å². The van der Waals surface area contributed by atoms with Gasteiger partial charge in [0.2, 0.25) is 0 Å². The summed E-state index contributed by atoms with van der Waals surface area (Å²) in [5, 5.41) is 2.02. The minimum atomic E-state index is 0.594. The number of hydrogen-bond acceptors (Lipinski definition) is 6. The molecule has 0 fully saturated rings. The monoisotopic (exact) mass is 744 g/mol. The lowest BCUT2D eigenvalue weighted by atomic mass is 9.94. The minimum absolute atomic E-state index is 0.594. The molecule has 272 valence electrons. The zero-order valence-electron chi connectivity index (χ0n) is 31.1. The van der Waals surface area contributed by atoms with E-state index in [0.717, 1.165) is 106 Å². The Balaban J connectivity index is 1.13. The van der Waals surface area contributed by atoms with Crippen LogP contribution in [-0.4, -0.2) is 19.9 Å². The van der Waals surface area contributed by atoms with Crippen molar-refractivity contribution in [3.05, 3.63) is 194 Å². The van der Waals surface area contributed by atoms with Gasteiger partial charge in [0, 0.05) is 62.7 Å². The highest BCUT2D eigenvalue weighted by Crippen LogP contribution is 2.45. The molecular formula is C52H32N4O2. The summed E-state index contributed by atoms with van der Waals surface area (Å²) in [4.78, 5) is 19.5. The van der Waals surface area contributed by atoms with Gasteiger partial charge >= 0.3 is 0 Å². The summed E-state index contributed by atoms with van der Waals surface area (Å²) >= 11 is 0. The molecule has 0 radical (unpaired) electrons. The molecule has 0 amide bonds. The highest BCUT2D eigenvalue weighted by atomic mass is 16.5. The van der Waals surface area contributed by atoms with Gasteiger partial charge in [0.05, 0.1) is 17.1 Å². The Morgan fingerprint density at radius 2 is 1.12 bits per heavy atom. The van der Waals surface area contributed by atoms with Gasteiger partial charge in [-0.15, -0.1) is 0 Å². The first kappa shape index (κ1) is 33.4. The van der Waals surface area contributed by atoms with Crippen LogP contribution < -0.4 is 4.74 Å². The fourth-order valence-electron chi connectivity index (χ4n) is 7.80. The van der Waals surface area contributed by atoms with E-state index < -0.39 is 0 Å². The first-order valence-electron chi connectivity index (χ1n) is 19.2. The third kappa shape index (κ3) is 6.01. The van der Waals surface area contributed by atoms with Crippen molar-refractivity contribution < 1.29 is 9.15 Å². The van der Waals surface area contributed by atoms with Crippen LogP contribution in [0.15, 0.2) is 187 Å². The first-order chi connectivity index (χ1) is 28.7. The number of rotatable bonds is 4. The number of nitrogens with zero attached hydrogens (tertiary/aromatic N) is 4. The molecule has 10 aromatic rings. The number of ether oxygens (including phenoxy) is 1. The molecule has 6 nitrogen and oxygen atoms in total. The maximum absolute atomic E-state index is 7.04. The molecule has 0 N–H and O–H groups in total. The topological polar surface area (TPSA) is 73.9 Å². The van der Waals surface area contributed by atoms with Crippen LogP contribution in [0.5, 0.6) is 11.5 Å². The second-order valence-electron chi connectivity index (χ2n) is 14.3. The molecule has 1 aliphatic heterocycles. The van der Waals surface area contributed by atoms with Crippen molar-refractivity contribution in [2.24, 2.45) is 0 Å². The van der Waals surface area contributed by atoms with E-state index in [2.05, 4.69) is 108 Å². The van der Waals surface area contributed by atoms with Crippen LogP contribution >= 0.6 is 0 Å². The Labute approximate surface area is 334 Å². The van der Waals surface area contributed by atoms with Crippen LogP contribution in [-0.2, 0) is 0 Å². The highest BCUT2D eigenvalue weighted by Gasteiger charge is 2.21. The molecule has 6 aromatic carbocycles. The van der Waals surface area contributed by atoms with E-state index in [9.17, 15) is 0 Å². The smallest absolute Gasteiger partial charge is 0.160 e. The normalized spacial score (nSPS) is 11.9. The SMILES string of the molecule is C1=Cc2ccc(-c3nc(-c4ccccc4)cc(-c4ccc(-c5cccnc5)nc4)n3)cc2-c2cc3oc4ccccc4c3cc2Oc2ccccc2-c2ccccc21. The van der Waals surface area contributed by atoms with Crippen LogP contribution in [0.4, 0.5) is 0 Å². The van der Waals surface area contributed by atoms with Gasteiger partial charge < -0.3 is 9.15 Å². The largest absolute Gasteiger partial charge is 0.456 e. The summed E-state index contributed by atoms with van der Waals surface area (Å²) < 4.78 is 13.5. The van der Waals surface area contributed by atoms with E-state index in [0.29, 0.717) is 5.82 Å². The molecule has 0 saturated heterocycles. The van der Waals surface area contributed by atoms with Crippen LogP contribution in [0.1, 0.15) is 11.1 Å². The second kappa shape index (κ2) is 14.0. The number of furan rings is 1. The maximum Gasteiger partial charge on any atom is 0.160 e. The predicted octanol–water partition coefficient (Wildman–Crippen LogP) is 13.4. The van der Waals surface area contributed by atoms with Crippen molar-refractivity contribution in [2.75, 3.05) is 0 Å². The van der Waals surface area contributed by atoms with Gasteiger partial charge in [0.25, 0.3) is 0 Å². The molecule has 58 heavy (non-hydrogen) atoms. The van der Waals surface area contributed by atoms with E-state index in [4.69, 9.17) is 24.1 Å². The number of aromatic nitrogens is 4. The second-order valence-corrected chi connectivity index (χ2v) is 14.3. The van der Waals surface area contributed by atoms with E-state index in [1.807, 2.05) is 85.2 Å². The fourth-order valence-corrected chi connectivity index (χ4v) is 7.80. The Kier molecular flexibility index (Phi) is 8.04. The fraction of sp³-hybridized carbons (Fsp3) is 0. The lowest BCUT2D eigenvalue weighted by molar-refractivity contribution is 0.487. The number of hydrogen-bond donors (Lipinski definition) is 0. The molecule has 0 bridgehead atoms. The van der Waals surface area contributed by atoms with E-state index in [1.165, 1.54) is 0 Å². The summed E-state index contributed by atoms with van der Waals surface area (Å²) in [5.74, 6) is 2.08. The Morgan fingerprint density at radius 3 is 1.97 bits per heavy atom. The van der Waals surface area contributed by atoms with Gasteiger partial charge in [-0.25, -0.2) is 9.97 Å². The molecule has 0 aliphatic carbocycles. The van der Waals surface area contributed by atoms with E-state index >= 15 is 0 Å². The lowest BCUT2D eigenvalue weighted by Crippen LogP contribution is -1.98. The third-order valence-corrected chi connectivity index (χ3v) is 10.7. The summed E-state index contributed by atoms with van der Waals surface area (Å²) in [6.45, 7) is 0. The van der Waals surface area contributed by atoms with E-state index in [-0.39, 0.29) is 0 Å². The van der Waals surface area contributed by atoms with Crippen molar-refractivity contribution in [3.8, 4) is 78.9 Å². The molecule has 11 rings (SSSR count). The van der Waals surface area contributed by atoms with Gasteiger partial charge in [-0.2, -0.15) is 0 Å². The van der Waals surface area contributed by atoms with Gasteiger partial charge in [0.1, 0.15) is 22.7 Å². The quantitative estimate of drug-likeness (QED) is 0.179. The van der Waals surface area contributed by atoms with Crippen molar-refractivity contribution in [1.29, 1.82) is 0 Å². The Hall–Kier alpha value is -7.96. The average molecular weight is 745 g/mol. The summed E-state index contributed by atoms with van der Waals surface area (Å²) in [6, 6.07) is 55.7. The maximum atomic E-state index is 7.04. The molecule has 6 heteroatoms. The van der Waals surface area contributed by atoms with Crippen LogP contribution in [0, 0.1) is 0 Å². The molecule has 5 heterocycles. The van der Waals surface area contributed by atoms with Crippen molar-refractivity contribution >= 4 is 34.1 Å². The summed E-state index contributed by atoms with van der Waals surface area (Å²) in [6.07, 6.45) is 9.81. The Bertz CT molecular complexity index is 3190. The summed E-state index contributed by atoms with van der Waals surface area (Å²) in [5.41, 5.74) is 13.8. The lowest BCUT2D eigenvalue weighted by Gasteiger charge is -2.17. The zero-order valence-corrected chi connectivity index (χ0v) is 31.1. The van der Waals surface area contributed by atoms with Crippen molar-refractivity contribution in [3.63, 3.8) is 0 Å². The third-order valence-electron chi connectivity index (χ3n) is 10.7. The highest BCUT2D eigenvalue weighted by molar-refractivity contribution is 6.07. The van der Waals surface area contributed by atoms with Crippen LogP contribution in [0.2, 0.25) is 0 Å². The number of fused-ring (bicyclic) bond motifs is 9. The first-order valence-corrected chi connectivity index (χ1v) is 19.2. The summed E-state index contributed by atoms with van der Waals surface area (Å²) in [7, 11) is 0. The van der Waals surface area contributed by atoms with Gasteiger partial charge in [-0.3, -0.25) is 9.97 Å². The molecular weight excluding hydrogens is 713 g/mol. The average Bonchev–Trinajstić information content (AvgIpc) is 3.65.